The van der Waals surface area contributed by atoms with E-state index in [0.29, 0.717) is 0 Å². The fraction of sp³-hybridized carbons (Fsp3) is 0.364. The molecule has 98 valence electrons. The number of aliphatic carboxylic acids is 1. The Morgan fingerprint density at radius 2 is 2.33 bits per heavy atom. The molecule has 0 aromatic carbocycles. The van der Waals surface area contributed by atoms with Gasteiger partial charge in [-0.25, -0.2) is 14.6 Å². The summed E-state index contributed by atoms with van der Waals surface area (Å²) in [4.78, 5) is 26.5. The summed E-state index contributed by atoms with van der Waals surface area (Å²) in [5.41, 5.74) is 0. The van der Waals surface area contributed by atoms with Crippen molar-refractivity contribution in [3.05, 3.63) is 29.2 Å². The van der Waals surface area contributed by atoms with Gasteiger partial charge in [0.15, 0.2) is 0 Å². The van der Waals surface area contributed by atoms with Gasteiger partial charge in [-0.3, -0.25) is 0 Å². The molecular weight excluding hydrogens is 254 g/mol. The molecule has 0 aliphatic heterocycles. The van der Waals surface area contributed by atoms with Gasteiger partial charge in [0.1, 0.15) is 11.0 Å². The first-order valence-electron chi connectivity index (χ1n) is 5.34. The van der Waals surface area contributed by atoms with Crippen molar-refractivity contribution in [1.29, 1.82) is 0 Å². The number of carboxylic acid groups (broad SMARTS) is 1. The minimum absolute atomic E-state index is 0.175. The molecule has 2 atom stereocenters. The maximum absolute atomic E-state index is 11.6. The highest BCUT2D eigenvalue weighted by Gasteiger charge is 2.19. The summed E-state index contributed by atoms with van der Waals surface area (Å²) >= 11 is 1.42. The Hall–Kier alpha value is -1.89. The number of carbonyl (C=O) groups excluding carboxylic acids is 1. The lowest BCUT2D eigenvalue weighted by molar-refractivity contribution is -0.139. The van der Waals surface area contributed by atoms with E-state index in [9.17, 15) is 9.59 Å². The number of urea groups is 1. The van der Waals surface area contributed by atoms with Gasteiger partial charge in [-0.05, 0) is 13.3 Å². The van der Waals surface area contributed by atoms with Gasteiger partial charge < -0.3 is 15.7 Å². The maximum atomic E-state index is 11.6. The van der Waals surface area contributed by atoms with Crippen molar-refractivity contribution >= 4 is 23.3 Å². The van der Waals surface area contributed by atoms with E-state index >= 15 is 0 Å². The Kier molecular flexibility index (Phi) is 5.31. The number of rotatable bonds is 6. The van der Waals surface area contributed by atoms with Crippen LogP contribution < -0.4 is 10.6 Å². The maximum Gasteiger partial charge on any atom is 0.326 e. The van der Waals surface area contributed by atoms with Crippen LogP contribution in [0.5, 0.6) is 0 Å². The number of carboxylic acids is 1. The minimum Gasteiger partial charge on any atom is -0.480 e. The molecule has 2 amide bonds. The van der Waals surface area contributed by atoms with Crippen molar-refractivity contribution < 1.29 is 14.7 Å². The topological polar surface area (TPSA) is 91.3 Å². The predicted octanol–water partition coefficient (Wildman–Crippen LogP) is 1.53. The molecule has 0 aliphatic rings. The summed E-state index contributed by atoms with van der Waals surface area (Å²) in [6.45, 7) is 5.23. The second kappa shape index (κ2) is 6.75. The van der Waals surface area contributed by atoms with Crippen molar-refractivity contribution in [2.24, 2.45) is 0 Å². The Labute approximate surface area is 109 Å². The molecule has 1 heterocycles. The SMILES string of the molecule is C=CCC(NC(=O)NC(C)c1nccs1)C(=O)O. The number of hydrogen-bond donors (Lipinski definition) is 3. The summed E-state index contributed by atoms with van der Waals surface area (Å²) in [6, 6.07) is -1.76. The van der Waals surface area contributed by atoms with Crippen LogP contribution in [0.2, 0.25) is 0 Å². The molecule has 0 fully saturated rings. The third kappa shape index (κ3) is 4.17. The van der Waals surface area contributed by atoms with Gasteiger partial charge in [-0.1, -0.05) is 6.08 Å². The first kappa shape index (κ1) is 14.2. The summed E-state index contributed by atoms with van der Waals surface area (Å²) < 4.78 is 0. The summed E-state index contributed by atoms with van der Waals surface area (Å²) in [5.74, 6) is -1.09. The average Bonchev–Trinajstić information content (AvgIpc) is 2.81. The van der Waals surface area contributed by atoms with E-state index in [1.165, 1.54) is 17.4 Å². The number of hydrogen-bond acceptors (Lipinski definition) is 4. The second-order valence-corrected chi connectivity index (χ2v) is 4.55. The lowest BCUT2D eigenvalue weighted by atomic mass is 10.2. The van der Waals surface area contributed by atoms with Gasteiger partial charge >= 0.3 is 12.0 Å². The van der Waals surface area contributed by atoms with E-state index in [1.807, 2.05) is 5.38 Å². The number of amides is 2. The van der Waals surface area contributed by atoms with Crippen molar-refractivity contribution in [2.75, 3.05) is 0 Å². The summed E-state index contributed by atoms with van der Waals surface area (Å²) in [5, 5.41) is 16.4. The highest BCUT2D eigenvalue weighted by molar-refractivity contribution is 7.09. The van der Waals surface area contributed by atoms with Gasteiger partial charge in [-0.2, -0.15) is 0 Å². The highest BCUT2D eigenvalue weighted by Crippen LogP contribution is 2.14. The van der Waals surface area contributed by atoms with Crippen LogP contribution in [0.3, 0.4) is 0 Å². The molecule has 6 nitrogen and oxygen atoms in total. The first-order chi connectivity index (χ1) is 8.54. The number of nitrogens with one attached hydrogen (secondary N) is 2. The van der Waals surface area contributed by atoms with E-state index in [1.54, 1.807) is 13.1 Å². The van der Waals surface area contributed by atoms with Crippen molar-refractivity contribution in [1.82, 2.24) is 15.6 Å². The molecule has 0 aliphatic carbocycles. The molecule has 1 rings (SSSR count). The lowest BCUT2D eigenvalue weighted by Crippen LogP contribution is -2.46. The van der Waals surface area contributed by atoms with E-state index in [4.69, 9.17) is 5.11 Å². The fourth-order valence-corrected chi connectivity index (χ4v) is 1.94. The lowest BCUT2D eigenvalue weighted by Gasteiger charge is -2.16. The van der Waals surface area contributed by atoms with Crippen LogP contribution in [0.15, 0.2) is 24.2 Å². The zero-order valence-electron chi connectivity index (χ0n) is 9.92. The van der Waals surface area contributed by atoms with Crippen LogP contribution in [0.25, 0.3) is 0 Å². The number of aromatic nitrogens is 1. The number of thiazole rings is 1. The molecule has 0 saturated carbocycles. The van der Waals surface area contributed by atoms with Crippen LogP contribution >= 0.6 is 11.3 Å². The molecule has 7 heteroatoms. The van der Waals surface area contributed by atoms with Crippen molar-refractivity contribution in [3.63, 3.8) is 0 Å². The average molecular weight is 269 g/mol. The molecule has 0 spiro atoms. The van der Waals surface area contributed by atoms with Gasteiger partial charge in [0, 0.05) is 11.6 Å². The number of carbonyl (C=O) groups is 2. The van der Waals surface area contributed by atoms with Crippen LogP contribution in [0, 0.1) is 0 Å². The molecule has 0 radical (unpaired) electrons. The van der Waals surface area contributed by atoms with Gasteiger partial charge in [0.05, 0.1) is 6.04 Å². The van der Waals surface area contributed by atoms with Gasteiger partial charge in [0.2, 0.25) is 0 Å². The van der Waals surface area contributed by atoms with E-state index < -0.39 is 18.0 Å². The van der Waals surface area contributed by atoms with Gasteiger partial charge in [0.25, 0.3) is 0 Å². The highest BCUT2D eigenvalue weighted by atomic mass is 32.1. The Morgan fingerprint density at radius 1 is 1.61 bits per heavy atom. The zero-order chi connectivity index (χ0) is 13.5. The van der Waals surface area contributed by atoms with E-state index in [-0.39, 0.29) is 12.5 Å². The van der Waals surface area contributed by atoms with E-state index in [2.05, 4.69) is 22.2 Å². The molecule has 1 aromatic heterocycles. The standard InChI is InChI=1S/C11H15N3O3S/c1-3-4-8(10(15)16)14-11(17)13-7(2)9-12-5-6-18-9/h3,5-8H,1,4H2,2H3,(H,15,16)(H2,13,14,17). The molecular formula is C11H15N3O3S. The second-order valence-electron chi connectivity index (χ2n) is 3.63. The van der Waals surface area contributed by atoms with Crippen molar-refractivity contribution in [3.8, 4) is 0 Å². The quantitative estimate of drug-likeness (QED) is 0.683. The van der Waals surface area contributed by atoms with Crippen LogP contribution in [-0.4, -0.2) is 28.1 Å². The smallest absolute Gasteiger partial charge is 0.326 e. The summed E-state index contributed by atoms with van der Waals surface area (Å²) in [7, 11) is 0. The van der Waals surface area contributed by atoms with Crippen molar-refractivity contribution in [2.45, 2.75) is 25.4 Å². The van der Waals surface area contributed by atoms with Crippen LogP contribution in [-0.2, 0) is 4.79 Å². The Bertz CT molecular complexity index is 419. The Balaban J connectivity index is 2.50. The molecule has 0 saturated heterocycles. The molecule has 3 N–H and O–H groups in total. The van der Waals surface area contributed by atoms with Crippen LogP contribution in [0.1, 0.15) is 24.4 Å². The third-order valence-electron chi connectivity index (χ3n) is 2.18. The normalized spacial score (nSPS) is 13.4. The van der Waals surface area contributed by atoms with E-state index in [0.717, 1.165) is 5.01 Å². The molecule has 18 heavy (non-hydrogen) atoms. The third-order valence-corrected chi connectivity index (χ3v) is 3.13. The van der Waals surface area contributed by atoms with Crippen LogP contribution in [0.4, 0.5) is 4.79 Å². The number of nitrogens with zero attached hydrogens (tertiary/aromatic N) is 1. The molecule has 2 unspecified atom stereocenters. The largest absolute Gasteiger partial charge is 0.480 e. The molecule has 0 bridgehead atoms. The fourth-order valence-electron chi connectivity index (χ4n) is 1.29. The predicted molar refractivity (Wildman–Crippen MR) is 68.4 cm³/mol. The monoisotopic (exact) mass is 269 g/mol. The molecule has 1 aromatic rings. The minimum atomic E-state index is -1.09. The Morgan fingerprint density at radius 3 is 2.83 bits per heavy atom. The first-order valence-corrected chi connectivity index (χ1v) is 6.22. The summed E-state index contributed by atoms with van der Waals surface area (Å²) in [6.07, 6.45) is 3.27. The zero-order valence-corrected chi connectivity index (χ0v) is 10.7. The van der Waals surface area contributed by atoms with Gasteiger partial charge in [-0.15, -0.1) is 17.9 Å².